The van der Waals surface area contributed by atoms with Gasteiger partial charge in [-0.15, -0.1) is 6.42 Å². The number of hydrogen-bond acceptors (Lipinski definition) is 2. The molecule has 2 heteroatoms. The van der Waals surface area contributed by atoms with Crippen LogP contribution in [0.3, 0.4) is 0 Å². The van der Waals surface area contributed by atoms with Crippen molar-refractivity contribution in [3.05, 3.63) is 0 Å². The van der Waals surface area contributed by atoms with Crippen LogP contribution in [-0.2, 0) is 0 Å². The topological polar surface area (TPSA) is 46.2 Å². The summed E-state index contributed by atoms with van der Waals surface area (Å²) in [5, 5.41) is 9.27. The van der Waals surface area contributed by atoms with Crippen molar-refractivity contribution in [3.63, 3.8) is 0 Å². The molecule has 0 aromatic carbocycles. The van der Waals surface area contributed by atoms with Crippen LogP contribution in [0, 0.1) is 12.3 Å². The van der Waals surface area contributed by atoms with E-state index < -0.39 is 5.60 Å². The molecular weight excluding hydrogens is 114 g/mol. The maximum absolute atomic E-state index is 9.27. The monoisotopic (exact) mass is 127 g/mol. The maximum Gasteiger partial charge on any atom is 0.137 e. The van der Waals surface area contributed by atoms with Crippen LogP contribution in [0.1, 0.15) is 19.8 Å². The van der Waals surface area contributed by atoms with E-state index >= 15 is 0 Å². The zero-order valence-corrected chi connectivity index (χ0v) is 5.72. The quantitative estimate of drug-likeness (QED) is 0.528. The number of nitrogens with two attached hydrogens (primary N) is 1. The largest absolute Gasteiger partial charge is 0.376 e. The first-order chi connectivity index (χ1) is 4.18. The second-order valence-corrected chi connectivity index (χ2v) is 2.13. The molecular formula is C7H13NO. The summed E-state index contributed by atoms with van der Waals surface area (Å²) in [5.74, 6) is 2.26. The van der Waals surface area contributed by atoms with Gasteiger partial charge in [0.15, 0.2) is 0 Å². The molecule has 1 atom stereocenters. The lowest BCUT2D eigenvalue weighted by molar-refractivity contribution is 0.1000. The van der Waals surface area contributed by atoms with Crippen LogP contribution in [0.25, 0.3) is 0 Å². The fraction of sp³-hybridized carbons (Fsp3) is 0.714. The summed E-state index contributed by atoms with van der Waals surface area (Å²) >= 11 is 0. The van der Waals surface area contributed by atoms with Crippen LogP contribution >= 0.6 is 0 Å². The van der Waals surface area contributed by atoms with E-state index in [-0.39, 0.29) is 6.54 Å². The summed E-state index contributed by atoms with van der Waals surface area (Å²) in [6, 6.07) is 0. The van der Waals surface area contributed by atoms with Gasteiger partial charge < -0.3 is 10.8 Å². The Morgan fingerprint density at radius 2 is 2.33 bits per heavy atom. The predicted octanol–water partition coefficient (Wildman–Crippen LogP) is 0.109. The van der Waals surface area contributed by atoms with Gasteiger partial charge in [-0.1, -0.05) is 19.3 Å². The Morgan fingerprint density at radius 1 is 1.78 bits per heavy atom. The third-order valence-electron chi connectivity index (χ3n) is 1.27. The minimum atomic E-state index is -1.06. The van der Waals surface area contributed by atoms with E-state index in [0.29, 0.717) is 6.42 Å². The fourth-order valence-corrected chi connectivity index (χ4v) is 0.647. The number of terminal acetylenes is 1. The maximum atomic E-state index is 9.27. The number of aliphatic hydroxyl groups is 1. The first-order valence-electron chi connectivity index (χ1n) is 3.08. The van der Waals surface area contributed by atoms with Gasteiger partial charge >= 0.3 is 0 Å². The van der Waals surface area contributed by atoms with Crippen LogP contribution in [0.5, 0.6) is 0 Å². The van der Waals surface area contributed by atoms with Gasteiger partial charge in [0, 0.05) is 6.54 Å². The molecule has 0 amide bonds. The highest BCUT2D eigenvalue weighted by Crippen LogP contribution is 2.08. The van der Waals surface area contributed by atoms with E-state index in [1.807, 2.05) is 6.92 Å². The molecule has 0 heterocycles. The molecule has 0 aromatic rings. The molecule has 0 rings (SSSR count). The number of hydrogen-bond donors (Lipinski definition) is 2. The highest BCUT2D eigenvalue weighted by Gasteiger charge is 2.19. The zero-order valence-electron chi connectivity index (χ0n) is 5.72. The molecule has 52 valence electrons. The third-order valence-corrected chi connectivity index (χ3v) is 1.27. The van der Waals surface area contributed by atoms with Gasteiger partial charge in [0.25, 0.3) is 0 Å². The van der Waals surface area contributed by atoms with Crippen molar-refractivity contribution in [2.75, 3.05) is 6.54 Å². The van der Waals surface area contributed by atoms with Crippen LogP contribution in [-0.4, -0.2) is 17.3 Å². The molecule has 9 heavy (non-hydrogen) atoms. The van der Waals surface area contributed by atoms with Gasteiger partial charge in [0.05, 0.1) is 0 Å². The molecule has 0 spiro atoms. The highest BCUT2D eigenvalue weighted by atomic mass is 16.3. The molecule has 0 aromatic heterocycles. The van der Waals surface area contributed by atoms with Crippen molar-refractivity contribution in [3.8, 4) is 12.3 Å². The normalized spacial score (nSPS) is 16.2. The molecule has 0 aliphatic rings. The van der Waals surface area contributed by atoms with Gasteiger partial charge in [0.2, 0.25) is 0 Å². The van der Waals surface area contributed by atoms with Crippen LogP contribution < -0.4 is 5.73 Å². The smallest absolute Gasteiger partial charge is 0.137 e. The van der Waals surface area contributed by atoms with Gasteiger partial charge in [-0.25, -0.2) is 0 Å². The molecule has 0 saturated carbocycles. The zero-order chi connectivity index (χ0) is 7.33. The minimum absolute atomic E-state index is 0.150. The van der Waals surface area contributed by atoms with Crippen molar-refractivity contribution >= 4 is 0 Å². The van der Waals surface area contributed by atoms with Gasteiger partial charge in [-0.3, -0.25) is 0 Å². The van der Waals surface area contributed by atoms with Crippen LogP contribution in [0.4, 0.5) is 0 Å². The van der Waals surface area contributed by atoms with Crippen molar-refractivity contribution in [1.82, 2.24) is 0 Å². The first-order valence-corrected chi connectivity index (χ1v) is 3.08. The number of rotatable bonds is 3. The summed E-state index contributed by atoms with van der Waals surface area (Å²) in [5.41, 5.74) is 4.15. The first kappa shape index (κ1) is 8.48. The highest BCUT2D eigenvalue weighted by molar-refractivity contribution is 5.07. The van der Waals surface area contributed by atoms with E-state index in [1.165, 1.54) is 0 Å². The molecule has 0 bridgehead atoms. The molecule has 3 N–H and O–H groups in total. The van der Waals surface area contributed by atoms with E-state index in [9.17, 15) is 5.11 Å². The Balaban J connectivity index is 3.81. The Bertz CT molecular complexity index is 117. The average Bonchev–Trinajstić information content (AvgIpc) is 1.89. The molecule has 0 radical (unpaired) electrons. The van der Waals surface area contributed by atoms with Crippen molar-refractivity contribution in [2.45, 2.75) is 25.4 Å². The van der Waals surface area contributed by atoms with E-state index in [1.54, 1.807) is 0 Å². The Kier molecular flexibility index (Phi) is 3.29. The fourth-order valence-electron chi connectivity index (χ4n) is 0.647. The average molecular weight is 127 g/mol. The van der Waals surface area contributed by atoms with Crippen LogP contribution in [0.2, 0.25) is 0 Å². The summed E-state index contributed by atoms with van der Waals surface area (Å²) in [6.45, 7) is 2.11. The van der Waals surface area contributed by atoms with E-state index in [2.05, 4.69) is 5.92 Å². The summed E-state index contributed by atoms with van der Waals surface area (Å²) in [7, 11) is 0. The lowest BCUT2D eigenvalue weighted by Crippen LogP contribution is -2.35. The third kappa shape index (κ3) is 2.50. The van der Waals surface area contributed by atoms with Gasteiger partial charge in [-0.2, -0.15) is 0 Å². The summed E-state index contributed by atoms with van der Waals surface area (Å²) < 4.78 is 0. The lowest BCUT2D eigenvalue weighted by Gasteiger charge is -2.17. The standard InChI is InChI=1S/C7H13NO/c1-3-5-7(9,4-2)6-8/h2,9H,3,5-6,8H2,1H3. The van der Waals surface area contributed by atoms with Crippen molar-refractivity contribution in [2.24, 2.45) is 5.73 Å². The molecule has 0 fully saturated rings. The van der Waals surface area contributed by atoms with E-state index in [4.69, 9.17) is 12.2 Å². The second kappa shape index (κ2) is 3.49. The Morgan fingerprint density at radius 3 is 2.44 bits per heavy atom. The summed E-state index contributed by atoms with van der Waals surface area (Å²) in [6.07, 6.45) is 6.47. The lowest BCUT2D eigenvalue weighted by atomic mass is 10.00. The Hall–Kier alpha value is -0.520. The van der Waals surface area contributed by atoms with Gasteiger partial charge in [0.1, 0.15) is 5.60 Å². The Labute approximate surface area is 56.1 Å². The molecule has 0 aliphatic heterocycles. The van der Waals surface area contributed by atoms with Crippen molar-refractivity contribution in [1.29, 1.82) is 0 Å². The van der Waals surface area contributed by atoms with Crippen molar-refractivity contribution < 1.29 is 5.11 Å². The molecule has 1 unspecified atom stereocenters. The molecule has 2 nitrogen and oxygen atoms in total. The molecule has 0 saturated heterocycles. The second-order valence-electron chi connectivity index (χ2n) is 2.13. The molecule has 0 aliphatic carbocycles. The summed E-state index contributed by atoms with van der Waals surface area (Å²) in [4.78, 5) is 0. The minimum Gasteiger partial charge on any atom is -0.376 e. The van der Waals surface area contributed by atoms with Crippen LogP contribution in [0.15, 0.2) is 0 Å². The SMILES string of the molecule is C#CC(O)(CN)CCC. The predicted molar refractivity (Wildman–Crippen MR) is 37.7 cm³/mol. The van der Waals surface area contributed by atoms with E-state index in [0.717, 1.165) is 6.42 Å². The van der Waals surface area contributed by atoms with Gasteiger partial charge in [-0.05, 0) is 6.42 Å².